The summed E-state index contributed by atoms with van der Waals surface area (Å²) in [6.45, 7) is 2.91. The van der Waals surface area contributed by atoms with Crippen LogP contribution < -0.4 is 20.1 Å². The number of carbonyl (C=O) groups is 2. The summed E-state index contributed by atoms with van der Waals surface area (Å²) in [5.41, 5.74) is 3.09. The minimum absolute atomic E-state index is 0.270. The van der Waals surface area contributed by atoms with Crippen LogP contribution in [0.2, 0.25) is 0 Å². The molecule has 0 saturated heterocycles. The summed E-state index contributed by atoms with van der Waals surface area (Å²) in [5, 5.41) is 5.70. The molecular weight excluding hydrogens is 368 g/mol. The first kappa shape index (κ1) is 18.6. The van der Waals surface area contributed by atoms with Crippen LogP contribution in [0.5, 0.6) is 11.5 Å². The number of aryl methyl sites for hydroxylation is 1. The number of carbonyl (C=O) groups excluding carboxylic acids is 2. The molecule has 0 fully saturated rings. The Bertz CT molecular complexity index is 1080. The summed E-state index contributed by atoms with van der Waals surface area (Å²) in [6.07, 6.45) is 0. The molecule has 146 valence electrons. The number of rotatable bonds is 4. The van der Waals surface area contributed by atoms with Gasteiger partial charge in [-0.15, -0.1) is 0 Å². The highest BCUT2D eigenvalue weighted by atomic mass is 16.6. The number of hydrogen-bond donors (Lipinski definition) is 2. The van der Waals surface area contributed by atoms with Gasteiger partial charge in [-0.2, -0.15) is 0 Å². The molecule has 3 aromatic rings. The number of ether oxygens (including phenoxy) is 2. The lowest BCUT2D eigenvalue weighted by Gasteiger charge is -2.19. The van der Waals surface area contributed by atoms with Crippen molar-refractivity contribution in [2.75, 3.05) is 23.8 Å². The summed E-state index contributed by atoms with van der Waals surface area (Å²) in [5.74, 6) is 0.671. The van der Waals surface area contributed by atoms with E-state index in [1.807, 2.05) is 31.2 Å². The SMILES string of the molecule is Cc1ccccc1NC(=O)c1cccc(C(=O)Nc2ccc3c(c2)OCCO3)c1. The molecule has 1 heterocycles. The van der Waals surface area contributed by atoms with Crippen LogP contribution >= 0.6 is 0 Å². The van der Waals surface area contributed by atoms with Gasteiger partial charge >= 0.3 is 0 Å². The van der Waals surface area contributed by atoms with E-state index in [0.29, 0.717) is 41.5 Å². The van der Waals surface area contributed by atoms with Gasteiger partial charge in [0.05, 0.1) is 0 Å². The first-order chi connectivity index (χ1) is 14.1. The van der Waals surface area contributed by atoms with E-state index in [1.165, 1.54) is 0 Å². The lowest BCUT2D eigenvalue weighted by atomic mass is 10.1. The summed E-state index contributed by atoms with van der Waals surface area (Å²) < 4.78 is 11.0. The molecule has 0 saturated carbocycles. The molecule has 6 heteroatoms. The molecule has 0 atom stereocenters. The van der Waals surface area contributed by atoms with Crippen LogP contribution in [0.15, 0.2) is 66.7 Å². The molecule has 29 heavy (non-hydrogen) atoms. The van der Waals surface area contributed by atoms with E-state index < -0.39 is 0 Å². The van der Waals surface area contributed by atoms with Gasteiger partial charge in [-0.1, -0.05) is 24.3 Å². The predicted molar refractivity (Wildman–Crippen MR) is 111 cm³/mol. The minimum Gasteiger partial charge on any atom is -0.486 e. The lowest BCUT2D eigenvalue weighted by molar-refractivity contribution is 0.102. The Morgan fingerprint density at radius 2 is 1.45 bits per heavy atom. The fraction of sp³-hybridized carbons (Fsp3) is 0.130. The van der Waals surface area contributed by atoms with E-state index in [0.717, 1.165) is 11.3 Å². The second kappa shape index (κ2) is 8.06. The molecule has 0 radical (unpaired) electrons. The average molecular weight is 388 g/mol. The van der Waals surface area contributed by atoms with Crippen molar-refractivity contribution in [3.8, 4) is 11.5 Å². The van der Waals surface area contributed by atoms with Crippen molar-refractivity contribution in [3.63, 3.8) is 0 Å². The van der Waals surface area contributed by atoms with Crippen molar-refractivity contribution < 1.29 is 19.1 Å². The van der Waals surface area contributed by atoms with Crippen molar-refractivity contribution in [3.05, 3.63) is 83.4 Å². The Morgan fingerprint density at radius 1 is 0.759 bits per heavy atom. The van der Waals surface area contributed by atoms with Crippen molar-refractivity contribution in [1.82, 2.24) is 0 Å². The van der Waals surface area contributed by atoms with E-state index in [2.05, 4.69) is 10.6 Å². The van der Waals surface area contributed by atoms with Crippen LogP contribution in [-0.4, -0.2) is 25.0 Å². The largest absolute Gasteiger partial charge is 0.486 e. The first-order valence-corrected chi connectivity index (χ1v) is 9.28. The number of para-hydroxylation sites is 1. The molecule has 2 N–H and O–H groups in total. The number of benzene rings is 3. The van der Waals surface area contributed by atoms with Gasteiger partial charge in [-0.3, -0.25) is 9.59 Å². The highest BCUT2D eigenvalue weighted by molar-refractivity contribution is 6.09. The molecule has 0 spiro atoms. The second-order valence-corrected chi connectivity index (χ2v) is 6.66. The van der Waals surface area contributed by atoms with Gasteiger partial charge in [0.15, 0.2) is 11.5 Å². The molecule has 2 amide bonds. The molecule has 0 unspecified atom stereocenters. The molecule has 3 aromatic carbocycles. The molecule has 1 aliphatic heterocycles. The average Bonchev–Trinajstić information content (AvgIpc) is 2.75. The van der Waals surface area contributed by atoms with Gasteiger partial charge in [-0.25, -0.2) is 0 Å². The maximum absolute atomic E-state index is 12.7. The standard InChI is InChI=1S/C23H20N2O4/c1-15-5-2-3-8-19(15)25-23(27)17-7-4-6-16(13-17)22(26)24-18-9-10-20-21(14-18)29-12-11-28-20/h2-10,13-14H,11-12H2,1H3,(H,24,26)(H,25,27). The third-order valence-corrected chi connectivity index (χ3v) is 4.58. The number of fused-ring (bicyclic) bond motifs is 1. The van der Waals surface area contributed by atoms with Gasteiger partial charge < -0.3 is 20.1 Å². The number of anilines is 2. The van der Waals surface area contributed by atoms with Crippen LogP contribution in [0.4, 0.5) is 11.4 Å². The summed E-state index contributed by atoms with van der Waals surface area (Å²) in [7, 11) is 0. The Labute approximate surface area is 168 Å². The van der Waals surface area contributed by atoms with Gasteiger partial charge in [0.1, 0.15) is 13.2 Å². The zero-order valence-electron chi connectivity index (χ0n) is 15.9. The Kier molecular flexibility index (Phi) is 5.16. The third-order valence-electron chi connectivity index (χ3n) is 4.58. The minimum atomic E-state index is -0.313. The normalized spacial score (nSPS) is 12.2. The quantitative estimate of drug-likeness (QED) is 0.700. The first-order valence-electron chi connectivity index (χ1n) is 9.28. The van der Waals surface area contributed by atoms with E-state index >= 15 is 0 Å². The van der Waals surface area contributed by atoms with E-state index in [4.69, 9.17) is 9.47 Å². The number of nitrogens with one attached hydrogen (secondary N) is 2. The molecular formula is C23H20N2O4. The van der Waals surface area contributed by atoms with Crippen LogP contribution in [0.25, 0.3) is 0 Å². The van der Waals surface area contributed by atoms with E-state index in [9.17, 15) is 9.59 Å². The fourth-order valence-corrected chi connectivity index (χ4v) is 3.03. The molecule has 0 aromatic heterocycles. The topological polar surface area (TPSA) is 76.7 Å². The molecule has 0 bridgehead atoms. The number of amides is 2. The number of hydrogen-bond acceptors (Lipinski definition) is 4. The zero-order valence-corrected chi connectivity index (χ0v) is 15.9. The van der Waals surface area contributed by atoms with Crippen molar-refractivity contribution in [2.24, 2.45) is 0 Å². The third kappa shape index (κ3) is 4.21. The highest BCUT2D eigenvalue weighted by Gasteiger charge is 2.15. The van der Waals surface area contributed by atoms with Gasteiger partial charge in [0.2, 0.25) is 0 Å². The van der Waals surface area contributed by atoms with Crippen LogP contribution in [0.3, 0.4) is 0 Å². The van der Waals surface area contributed by atoms with Crippen LogP contribution in [0.1, 0.15) is 26.3 Å². The maximum atomic E-state index is 12.7. The van der Waals surface area contributed by atoms with Crippen molar-refractivity contribution in [1.29, 1.82) is 0 Å². The van der Waals surface area contributed by atoms with Crippen molar-refractivity contribution >= 4 is 23.2 Å². The van der Waals surface area contributed by atoms with E-state index in [-0.39, 0.29) is 11.8 Å². The Balaban J connectivity index is 1.48. The Morgan fingerprint density at radius 3 is 2.21 bits per heavy atom. The fourth-order valence-electron chi connectivity index (χ4n) is 3.03. The van der Waals surface area contributed by atoms with Crippen molar-refractivity contribution in [2.45, 2.75) is 6.92 Å². The predicted octanol–water partition coefficient (Wildman–Crippen LogP) is 4.27. The van der Waals surface area contributed by atoms with Crippen LogP contribution in [0, 0.1) is 6.92 Å². The summed E-state index contributed by atoms with van der Waals surface area (Å²) in [6, 6.07) is 19.4. The van der Waals surface area contributed by atoms with Gasteiger partial charge in [0.25, 0.3) is 11.8 Å². The maximum Gasteiger partial charge on any atom is 0.255 e. The molecule has 0 aliphatic carbocycles. The monoisotopic (exact) mass is 388 g/mol. The summed E-state index contributed by atoms with van der Waals surface area (Å²) >= 11 is 0. The molecule has 1 aliphatic rings. The highest BCUT2D eigenvalue weighted by Crippen LogP contribution is 2.32. The molecule has 4 rings (SSSR count). The van der Waals surface area contributed by atoms with Gasteiger partial charge in [-0.05, 0) is 48.9 Å². The second-order valence-electron chi connectivity index (χ2n) is 6.66. The summed E-state index contributed by atoms with van der Waals surface area (Å²) in [4.78, 5) is 25.2. The zero-order chi connectivity index (χ0) is 20.2. The van der Waals surface area contributed by atoms with Gasteiger partial charge in [0, 0.05) is 28.6 Å². The van der Waals surface area contributed by atoms with Crippen LogP contribution in [-0.2, 0) is 0 Å². The lowest BCUT2D eigenvalue weighted by Crippen LogP contribution is -2.17. The van der Waals surface area contributed by atoms with E-state index in [1.54, 1.807) is 42.5 Å². The smallest absolute Gasteiger partial charge is 0.255 e. The Hall–Kier alpha value is -3.80. The molecule has 6 nitrogen and oxygen atoms in total.